The van der Waals surface area contributed by atoms with E-state index >= 15 is 0 Å². The maximum atomic E-state index is 12.5. The van der Waals surface area contributed by atoms with Gasteiger partial charge in [0.25, 0.3) is 11.2 Å². The van der Waals surface area contributed by atoms with Crippen LogP contribution in [0.1, 0.15) is 5.56 Å². The van der Waals surface area contributed by atoms with Gasteiger partial charge >= 0.3 is 0 Å². The Bertz CT molecular complexity index is 1200. The number of fused-ring (bicyclic) bond motifs is 1. The Morgan fingerprint density at radius 2 is 1.57 bits per heavy atom. The highest BCUT2D eigenvalue weighted by atomic mass is 32.2. The Morgan fingerprint density at radius 3 is 2.25 bits per heavy atom. The van der Waals surface area contributed by atoms with Gasteiger partial charge in [0.2, 0.25) is 0 Å². The van der Waals surface area contributed by atoms with E-state index in [9.17, 15) is 14.9 Å². The first-order valence-corrected chi connectivity index (χ1v) is 9.25. The first kappa shape index (κ1) is 17.9. The number of hydrogen-bond acceptors (Lipinski definition) is 6. The highest BCUT2D eigenvalue weighted by Crippen LogP contribution is 2.29. The van der Waals surface area contributed by atoms with Gasteiger partial charge in [0.15, 0.2) is 0 Å². The average Bonchev–Trinajstić information content (AvgIpc) is 2.72. The van der Waals surface area contributed by atoms with Gasteiger partial charge in [0.05, 0.1) is 16.9 Å². The van der Waals surface area contributed by atoms with Crippen LogP contribution in [0, 0.1) is 10.1 Å². The summed E-state index contributed by atoms with van der Waals surface area (Å²) >= 11 is 1.51. The molecule has 0 saturated carbocycles. The molecule has 4 rings (SSSR count). The summed E-state index contributed by atoms with van der Waals surface area (Å²) in [4.78, 5) is 24.7. The summed E-state index contributed by atoms with van der Waals surface area (Å²) in [6.07, 6.45) is 0. The molecule has 0 aliphatic carbocycles. The first-order valence-electron chi connectivity index (χ1n) is 8.44. The van der Waals surface area contributed by atoms with Gasteiger partial charge in [0.1, 0.15) is 5.52 Å². The van der Waals surface area contributed by atoms with Crippen LogP contribution in [0.2, 0.25) is 0 Å². The SMILES string of the molecule is O=c1c2ccccc2nnn1Cc1ccc(Sc2ccc([N+](=O)[O-])cc2)cc1. The van der Waals surface area contributed by atoms with Crippen molar-refractivity contribution in [3.63, 3.8) is 0 Å². The van der Waals surface area contributed by atoms with Gasteiger partial charge in [-0.05, 0) is 42.0 Å². The topological polar surface area (TPSA) is 90.9 Å². The summed E-state index contributed by atoms with van der Waals surface area (Å²) in [5, 5.41) is 19.4. The lowest BCUT2D eigenvalue weighted by atomic mass is 10.2. The van der Waals surface area contributed by atoms with E-state index in [-0.39, 0.29) is 11.2 Å². The van der Waals surface area contributed by atoms with Crippen molar-refractivity contribution >= 4 is 28.4 Å². The normalized spacial score (nSPS) is 10.9. The van der Waals surface area contributed by atoms with E-state index in [4.69, 9.17) is 0 Å². The summed E-state index contributed by atoms with van der Waals surface area (Å²) in [5.74, 6) is 0. The van der Waals surface area contributed by atoms with Crippen LogP contribution in [-0.4, -0.2) is 19.9 Å². The number of nitrogens with zero attached hydrogens (tertiary/aromatic N) is 4. The van der Waals surface area contributed by atoms with E-state index in [1.165, 1.54) is 28.6 Å². The van der Waals surface area contributed by atoms with Crippen molar-refractivity contribution in [2.45, 2.75) is 16.3 Å². The zero-order chi connectivity index (χ0) is 19.5. The predicted molar refractivity (Wildman–Crippen MR) is 107 cm³/mol. The van der Waals surface area contributed by atoms with E-state index < -0.39 is 4.92 Å². The van der Waals surface area contributed by atoms with Crippen LogP contribution in [0.25, 0.3) is 10.9 Å². The molecule has 0 aliphatic rings. The van der Waals surface area contributed by atoms with Gasteiger partial charge in [-0.1, -0.05) is 41.2 Å². The van der Waals surface area contributed by atoms with Crippen molar-refractivity contribution in [1.82, 2.24) is 15.0 Å². The highest BCUT2D eigenvalue weighted by molar-refractivity contribution is 7.99. The van der Waals surface area contributed by atoms with Crippen LogP contribution in [0.3, 0.4) is 0 Å². The Hall–Kier alpha value is -3.52. The third-order valence-corrected chi connectivity index (χ3v) is 5.18. The highest BCUT2D eigenvalue weighted by Gasteiger charge is 2.07. The number of benzene rings is 3. The zero-order valence-electron chi connectivity index (χ0n) is 14.6. The van der Waals surface area contributed by atoms with Crippen LogP contribution in [-0.2, 0) is 6.54 Å². The number of rotatable bonds is 5. The molecule has 0 radical (unpaired) electrons. The quantitative estimate of drug-likeness (QED) is 0.379. The number of aromatic nitrogens is 3. The van der Waals surface area contributed by atoms with Gasteiger partial charge in [-0.25, -0.2) is 4.68 Å². The number of hydrogen-bond donors (Lipinski definition) is 0. The number of nitro groups is 1. The van der Waals surface area contributed by atoms with Crippen molar-refractivity contribution in [2.75, 3.05) is 0 Å². The molecule has 0 spiro atoms. The lowest BCUT2D eigenvalue weighted by molar-refractivity contribution is -0.384. The van der Waals surface area contributed by atoms with E-state index in [0.29, 0.717) is 17.4 Å². The molecule has 138 valence electrons. The van der Waals surface area contributed by atoms with Gasteiger partial charge in [-0.2, -0.15) is 0 Å². The second kappa shape index (κ2) is 7.61. The fourth-order valence-electron chi connectivity index (χ4n) is 2.73. The van der Waals surface area contributed by atoms with Crippen LogP contribution in [0.15, 0.2) is 87.4 Å². The number of non-ortho nitro benzene ring substituents is 1. The van der Waals surface area contributed by atoms with Crippen LogP contribution >= 0.6 is 11.8 Å². The lowest BCUT2D eigenvalue weighted by Crippen LogP contribution is -2.24. The molecule has 8 heteroatoms. The van der Waals surface area contributed by atoms with Crippen LogP contribution in [0.4, 0.5) is 5.69 Å². The second-order valence-corrected chi connectivity index (χ2v) is 7.21. The number of nitro benzene ring substituents is 1. The van der Waals surface area contributed by atoms with E-state index in [1.54, 1.807) is 30.3 Å². The van der Waals surface area contributed by atoms with Crippen LogP contribution in [0.5, 0.6) is 0 Å². The largest absolute Gasteiger partial charge is 0.277 e. The molecule has 1 aromatic heterocycles. The molecule has 0 amide bonds. The summed E-state index contributed by atoms with van der Waals surface area (Å²) < 4.78 is 1.35. The maximum Gasteiger partial charge on any atom is 0.277 e. The molecule has 28 heavy (non-hydrogen) atoms. The molecule has 0 saturated heterocycles. The van der Waals surface area contributed by atoms with Crippen molar-refractivity contribution in [2.24, 2.45) is 0 Å². The summed E-state index contributed by atoms with van der Waals surface area (Å²) in [7, 11) is 0. The molecule has 0 unspecified atom stereocenters. The van der Waals surface area contributed by atoms with Gasteiger partial charge in [-0.3, -0.25) is 14.9 Å². The Morgan fingerprint density at radius 1 is 0.929 bits per heavy atom. The first-order chi connectivity index (χ1) is 13.6. The smallest absolute Gasteiger partial charge is 0.267 e. The van der Waals surface area contributed by atoms with Crippen LogP contribution < -0.4 is 5.56 Å². The molecular formula is C20H14N4O3S. The van der Waals surface area contributed by atoms with Crippen molar-refractivity contribution in [1.29, 1.82) is 0 Å². The third-order valence-electron chi connectivity index (χ3n) is 4.17. The van der Waals surface area contributed by atoms with Crippen molar-refractivity contribution in [3.8, 4) is 0 Å². The van der Waals surface area contributed by atoms with E-state index in [1.807, 2.05) is 30.3 Å². The van der Waals surface area contributed by atoms with Crippen molar-refractivity contribution < 1.29 is 4.92 Å². The molecule has 4 aromatic rings. The lowest BCUT2D eigenvalue weighted by Gasteiger charge is -2.06. The molecule has 0 bridgehead atoms. The summed E-state index contributed by atoms with van der Waals surface area (Å²) in [6.45, 7) is 0.332. The summed E-state index contributed by atoms with van der Waals surface area (Å²) in [5.41, 5.74) is 1.41. The fourth-order valence-corrected chi connectivity index (χ4v) is 3.55. The second-order valence-electron chi connectivity index (χ2n) is 6.07. The van der Waals surface area contributed by atoms with Gasteiger partial charge in [0, 0.05) is 21.9 Å². The Labute approximate surface area is 163 Å². The Balaban J connectivity index is 1.50. The molecule has 0 atom stereocenters. The molecule has 3 aromatic carbocycles. The van der Waals surface area contributed by atoms with E-state index in [2.05, 4.69) is 10.3 Å². The maximum absolute atomic E-state index is 12.5. The molecule has 0 aliphatic heterocycles. The van der Waals surface area contributed by atoms with Gasteiger partial charge in [-0.15, -0.1) is 5.10 Å². The monoisotopic (exact) mass is 390 g/mol. The minimum atomic E-state index is -0.416. The fraction of sp³-hybridized carbons (Fsp3) is 0.0500. The Kier molecular flexibility index (Phi) is 4.86. The third kappa shape index (κ3) is 3.77. The predicted octanol–water partition coefficient (Wildman–Crippen LogP) is 3.90. The minimum absolute atomic E-state index is 0.0710. The van der Waals surface area contributed by atoms with Crippen molar-refractivity contribution in [3.05, 3.63) is 98.8 Å². The molecular weight excluding hydrogens is 376 g/mol. The standard InChI is InChI=1S/C20H14N4O3S/c25-20-18-3-1-2-4-19(18)21-22-23(20)13-14-5-9-16(10-6-14)28-17-11-7-15(8-12-17)24(26)27/h1-12H,13H2. The molecule has 1 heterocycles. The van der Waals surface area contributed by atoms with Gasteiger partial charge < -0.3 is 0 Å². The molecule has 7 nitrogen and oxygen atoms in total. The summed E-state index contributed by atoms with van der Waals surface area (Å²) in [6, 6.07) is 21.3. The zero-order valence-corrected chi connectivity index (χ0v) is 15.4. The van der Waals surface area contributed by atoms with E-state index in [0.717, 1.165) is 15.4 Å². The molecule has 0 N–H and O–H groups in total. The molecule has 0 fully saturated rings. The average molecular weight is 390 g/mol. The minimum Gasteiger partial charge on any atom is -0.267 e.